The summed E-state index contributed by atoms with van der Waals surface area (Å²) < 4.78 is 4.63. The Labute approximate surface area is 142 Å². The third kappa shape index (κ3) is 12.7. The number of nitrogens with one attached hydrogen (secondary N) is 1. The van der Waals surface area contributed by atoms with Crippen LogP contribution in [0.15, 0.2) is 17.6 Å². The van der Waals surface area contributed by atoms with Crippen LogP contribution in [0.1, 0.15) is 57.8 Å². The number of carbonyl (C=O) groups excluding carboxylic acids is 1. The van der Waals surface area contributed by atoms with Crippen molar-refractivity contribution >= 4 is 11.9 Å². The molecule has 0 aliphatic carbocycles. The molecule has 0 fully saturated rings. The highest BCUT2D eigenvalue weighted by Crippen LogP contribution is 2.04. The van der Waals surface area contributed by atoms with Crippen molar-refractivity contribution in [3.8, 4) is 0 Å². The molecule has 0 saturated carbocycles. The molecule has 0 rings (SSSR count). The van der Waals surface area contributed by atoms with Crippen LogP contribution in [0, 0.1) is 0 Å². The van der Waals surface area contributed by atoms with E-state index < -0.39 is 0 Å². The number of carbonyl (C=O) groups is 1. The summed E-state index contributed by atoms with van der Waals surface area (Å²) >= 11 is 0. The molecule has 0 aliphatic rings. The lowest BCUT2D eigenvalue weighted by molar-refractivity contribution is -0.140. The fourth-order valence-electron chi connectivity index (χ4n) is 2.36. The lowest BCUT2D eigenvalue weighted by Crippen LogP contribution is -2.39. The third-order valence-electron chi connectivity index (χ3n) is 3.79. The van der Waals surface area contributed by atoms with Gasteiger partial charge < -0.3 is 15.0 Å². The number of esters is 1. The van der Waals surface area contributed by atoms with E-state index in [0.29, 0.717) is 6.42 Å². The van der Waals surface area contributed by atoms with Crippen LogP contribution < -0.4 is 5.32 Å². The molecule has 0 amide bonds. The van der Waals surface area contributed by atoms with Crippen LogP contribution in [0.4, 0.5) is 0 Å². The average Bonchev–Trinajstić information content (AvgIpc) is 2.56. The number of unbranched alkanes of at least 4 members (excludes halogenated alkanes) is 6. The summed E-state index contributed by atoms with van der Waals surface area (Å²) in [6.07, 6.45) is 11.4. The van der Waals surface area contributed by atoms with E-state index in [2.05, 4.69) is 33.6 Å². The van der Waals surface area contributed by atoms with Gasteiger partial charge in [0, 0.05) is 33.6 Å². The largest absolute Gasteiger partial charge is 0.469 e. The van der Waals surface area contributed by atoms with Gasteiger partial charge in [0.2, 0.25) is 0 Å². The number of aliphatic imine (C=N–C) groups is 1. The smallest absolute Gasteiger partial charge is 0.305 e. The summed E-state index contributed by atoms with van der Waals surface area (Å²) in [5.41, 5.74) is 0. The maximum atomic E-state index is 11.0. The summed E-state index contributed by atoms with van der Waals surface area (Å²) in [4.78, 5) is 17.5. The Morgan fingerprint density at radius 2 is 1.87 bits per heavy atom. The minimum atomic E-state index is -0.113. The van der Waals surface area contributed by atoms with E-state index in [1.165, 1.54) is 26.4 Å². The fourth-order valence-corrected chi connectivity index (χ4v) is 2.36. The van der Waals surface area contributed by atoms with Gasteiger partial charge in [-0.2, -0.15) is 0 Å². The summed E-state index contributed by atoms with van der Waals surface area (Å²) in [7, 11) is 5.35. The quantitative estimate of drug-likeness (QED) is 0.185. The van der Waals surface area contributed by atoms with E-state index in [1.807, 2.05) is 13.1 Å². The SMILES string of the molecule is C=CCCCCCN(C)C(=NC)NCCCCCCC(=O)OC. The van der Waals surface area contributed by atoms with E-state index >= 15 is 0 Å². The first-order valence-electron chi connectivity index (χ1n) is 8.75. The zero-order valence-electron chi connectivity index (χ0n) is 15.3. The van der Waals surface area contributed by atoms with Crippen molar-refractivity contribution in [1.29, 1.82) is 0 Å². The van der Waals surface area contributed by atoms with Crippen molar-refractivity contribution in [3.05, 3.63) is 12.7 Å². The second kappa shape index (κ2) is 15.4. The Morgan fingerprint density at radius 3 is 2.52 bits per heavy atom. The van der Waals surface area contributed by atoms with Crippen molar-refractivity contribution in [2.75, 3.05) is 34.3 Å². The molecule has 0 saturated heterocycles. The molecule has 0 aromatic heterocycles. The van der Waals surface area contributed by atoms with Crippen LogP contribution in [-0.2, 0) is 9.53 Å². The van der Waals surface area contributed by atoms with Gasteiger partial charge in [0.15, 0.2) is 5.96 Å². The summed E-state index contributed by atoms with van der Waals surface area (Å²) in [5.74, 6) is 0.849. The van der Waals surface area contributed by atoms with E-state index in [0.717, 1.165) is 51.2 Å². The second-order valence-corrected chi connectivity index (χ2v) is 5.77. The number of methoxy groups -OCH3 is 1. The Balaban J connectivity index is 3.64. The number of ether oxygens (including phenoxy) is 1. The minimum Gasteiger partial charge on any atom is -0.469 e. The first-order valence-corrected chi connectivity index (χ1v) is 8.75. The molecule has 0 aromatic carbocycles. The number of nitrogens with zero attached hydrogens (tertiary/aromatic N) is 2. The monoisotopic (exact) mass is 325 g/mol. The lowest BCUT2D eigenvalue weighted by Gasteiger charge is -2.22. The van der Waals surface area contributed by atoms with Crippen LogP contribution in [-0.4, -0.2) is 51.1 Å². The molecule has 134 valence electrons. The number of hydrogen-bond donors (Lipinski definition) is 1. The van der Waals surface area contributed by atoms with Gasteiger partial charge in [-0.25, -0.2) is 0 Å². The Kier molecular flexibility index (Phi) is 14.4. The maximum absolute atomic E-state index is 11.0. The zero-order valence-corrected chi connectivity index (χ0v) is 15.3. The standard InChI is InChI=1S/C18H35N3O2/c1-5-6-7-10-13-16-21(3)18(19-2)20-15-12-9-8-11-14-17(22)23-4/h5H,1,6-16H2,2-4H3,(H,19,20). The molecule has 5 nitrogen and oxygen atoms in total. The predicted octanol–water partition coefficient (Wildman–Crippen LogP) is 3.36. The molecule has 1 N–H and O–H groups in total. The predicted molar refractivity (Wildman–Crippen MR) is 97.8 cm³/mol. The maximum Gasteiger partial charge on any atom is 0.305 e. The molecule has 0 bridgehead atoms. The van der Waals surface area contributed by atoms with Crippen molar-refractivity contribution in [2.45, 2.75) is 57.8 Å². The van der Waals surface area contributed by atoms with Gasteiger partial charge in [-0.05, 0) is 32.1 Å². The second-order valence-electron chi connectivity index (χ2n) is 5.77. The van der Waals surface area contributed by atoms with E-state index in [-0.39, 0.29) is 5.97 Å². The number of hydrogen-bond acceptors (Lipinski definition) is 3. The van der Waals surface area contributed by atoms with Crippen LogP contribution >= 0.6 is 0 Å². The van der Waals surface area contributed by atoms with Crippen molar-refractivity contribution < 1.29 is 9.53 Å². The molecular formula is C18H35N3O2. The first-order chi connectivity index (χ1) is 11.2. The molecule has 0 aromatic rings. The molecule has 0 atom stereocenters. The van der Waals surface area contributed by atoms with Gasteiger partial charge in [0.25, 0.3) is 0 Å². The Bertz CT molecular complexity index is 343. The van der Waals surface area contributed by atoms with E-state index in [4.69, 9.17) is 0 Å². The Morgan fingerprint density at radius 1 is 1.17 bits per heavy atom. The lowest BCUT2D eigenvalue weighted by atomic mass is 10.1. The number of allylic oxidation sites excluding steroid dienone is 1. The van der Waals surface area contributed by atoms with Gasteiger partial charge in [0.05, 0.1) is 7.11 Å². The molecule has 0 spiro atoms. The fraction of sp³-hybridized carbons (Fsp3) is 0.778. The molecular weight excluding hydrogens is 290 g/mol. The van der Waals surface area contributed by atoms with Crippen LogP contribution in [0.3, 0.4) is 0 Å². The molecule has 0 radical (unpaired) electrons. The highest BCUT2D eigenvalue weighted by atomic mass is 16.5. The van der Waals surface area contributed by atoms with Crippen LogP contribution in [0.5, 0.6) is 0 Å². The molecule has 0 unspecified atom stereocenters. The third-order valence-corrected chi connectivity index (χ3v) is 3.79. The number of guanidine groups is 1. The van der Waals surface area contributed by atoms with Crippen LogP contribution in [0.2, 0.25) is 0 Å². The number of rotatable bonds is 13. The highest BCUT2D eigenvalue weighted by Gasteiger charge is 2.04. The minimum absolute atomic E-state index is 0.113. The van der Waals surface area contributed by atoms with Gasteiger partial charge in [-0.1, -0.05) is 25.3 Å². The average molecular weight is 325 g/mol. The summed E-state index contributed by atoms with van der Waals surface area (Å²) in [6.45, 7) is 5.69. The first kappa shape index (κ1) is 21.5. The van der Waals surface area contributed by atoms with Gasteiger partial charge in [-0.15, -0.1) is 6.58 Å². The van der Waals surface area contributed by atoms with Crippen molar-refractivity contribution in [1.82, 2.24) is 10.2 Å². The molecule has 0 aliphatic heterocycles. The summed E-state index contributed by atoms with van der Waals surface area (Å²) in [5, 5.41) is 3.40. The van der Waals surface area contributed by atoms with Crippen molar-refractivity contribution in [3.63, 3.8) is 0 Å². The summed E-state index contributed by atoms with van der Waals surface area (Å²) in [6, 6.07) is 0. The van der Waals surface area contributed by atoms with Gasteiger partial charge in [0.1, 0.15) is 0 Å². The topological polar surface area (TPSA) is 53.9 Å². The Hall–Kier alpha value is -1.52. The van der Waals surface area contributed by atoms with Crippen molar-refractivity contribution in [2.24, 2.45) is 4.99 Å². The molecule has 0 heterocycles. The van der Waals surface area contributed by atoms with Gasteiger partial charge >= 0.3 is 5.97 Å². The van der Waals surface area contributed by atoms with E-state index in [9.17, 15) is 4.79 Å². The highest BCUT2D eigenvalue weighted by molar-refractivity contribution is 5.79. The molecule has 5 heteroatoms. The zero-order chi connectivity index (χ0) is 17.3. The van der Waals surface area contributed by atoms with Gasteiger partial charge in [-0.3, -0.25) is 9.79 Å². The molecule has 23 heavy (non-hydrogen) atoms. The van der Waals surface area contributed by atoms with E-state index in [1.54, 1.807) is 0 Å². The van der Waals surface area contributed by atoms with Crippen LogP contribution in [0.25, 0.3) is 0 Å². The normalized spacial score (nSPS) is 11.2.